The number of nitrogen functional groups attached to an aromatic ring is 1. The molecule has 4 rings (SSSR count). The molecule has 2 aliphatic heterocycles. The van der Waals surface area contributed by atoms with Crippen LogP contribution in [0.25, 0.3) is 0 Å². The van der Waals surface area contributed by atoms with Crippen molar-refractivity contribution in [1.29, 1.82) is 0 Å². The number of amides is 1. The number of H-pyrrole nitrogens is 1. The van der Waals surface area contributed by atoms with Crippen LogP contribution in [0.5, 0.6) is 0 Å². The summed E-state index contributed by atoms with van der Waals surface area (Å²) in [6.07, 6.45) is 4.19. The van der Waals surface area contributed by atoms with Crippen LogP contribution in [0.4, 0.5) is 5.95 Å². The Balaban J connectivity index is 1.33. The van der Waals surface area contributed by atoms with Crippen molar-refractivity contribution in [1.82, 2.24) is 25.0 Å². The van der Waals surface area contributed by atoms with Gasteiger partial charge in [0, 0.05) is 19.0 Å². The first kappa shape index (κ1) is 16.1. The van der Waals surface area contributed by atoms with Gasteiger partial charge in [0.15, 0.2) is 5.76 Å². The lowest BCUT2D eigenvalue weighted by atomic mass is 9.96. The summed E-state index contributed by atoms with van der Waals surface area (Å²) in [4.78, 5) is 21.1. The van der Waals surface area contributed by atoms with Crippen molar-refractivity contribution >= 4 is 11.9 Å². The average molecular weight is 344 g/mol. The highest BCUT2D eigenvalue weighted by Gasteiger charge is 2.28. The molecule has 2 saturated heterocycles. The molecular weight excluding hydrogens is 320 g/mol. The van der Waals surface area contributed by atoms with E-state index in [9.17, 15) is 4.79 Å². The third-order valence-electron chi connectivity index (χ3n) is 5.14. The summed E-state index contributed by atoms with van der Waals surface area (Å²) in [5.41, 5.74) is 5.56. The van der Waals surface area contributed by atoms with Crippen LogP contribution in [-0.2, 0) is 6.54 Å². The van der Waals surface area contributed by atoms with Crippen molar-refractivity contribution in [2.45, 2.75) is 38.1 Å². The van der Waals surface area contributed by atoms with Gasteiger partial charge in [0.25, 0.3) is 5.91 Å². The van der Waals surface area contributed by atoms with Gasteiger partial charge in [-0.15, -0.1) is 5.10 Å². The van der Waals surface area contributed by atoms with Gasteiger partial charge in [0.1, 0.15) is 11.6 Å². The van der Waals surface area contributed by atoms with Crippen LogP contribution in [0.3, 0.4) is 0 Å². The van der Waals surface area contributed by atoms with E-state index in [0.717, 1.165) is 44.1 Å². The van der Waals surface area contributed by atoms with Crippen molar-refractivity contribution in [2.75, 3.05) is 31.9 Å². The Morgan fingerprint density at radius 3 is 2.68 bits per heavy atom. The number of likely N-dealkylation sites (tertiary alicyclic amines) is 2. The topological polar surface area (TPSA) is 104 Å². The van der Waals surface area contributed by atoms with Gasteiger partial charge in [-0.05, 0) is 50.9 Å². The van der Waals surface area contributed by atoms with Crippen LogP contribution >= 0.6 is 0 Å². The van der Waals surface area contributed by atoms with Gasteiger partial charge in [0.2, 0.25) is 5.95 Å². The smallest absolute Gasteiger partial charge is 0.289 e. The second-order valence-electron chi connectivity index (χ2n) is 6.89. The van der Waals surface area contributed by atoms with Gasteiger partial charge >= 0.3 is 0 Å². The molecule has 3 N–H and O–H groups in total. The highest BCUT2D eigenvalue weighted by Crippen LogP contribution is 2.27. The second kappa shape index (κ2) is 6.87. The van der Waals surface area contributed by atoms with Gasteiger partial charge < -0.3 is 15.1 Å². The minimum absolute atomic E-state index is 0.0248. The summed E-state index contributed by atoms with van der Waals surface area (Å²) in [5.74, 6) is 2.65. The fraction of sp³-hybridized carbons (Fsp3) is 0.588. The molecule has 0 spiro atoms. The number of aromatic amines is 1. The molecule has 8 nitrogen and oxygen atoms in total. The Labute approximate surface area is 146 Å². The number of piperidine rings is 1. The first-order valence-corrected chi connectivity index (χ1v) is 8.97. The van der Waals surface area contributed by atoms with Crippen molar-refractivity contribution in [3.63, 3.8) is 0 Å². The van der Waals surface area contributed by atoms with Crippen molar-refractivity contribution in [3.05, 3.63) is 29.5 Å². The molecular formula is C17H24N6O2. The maximum atomic E-state index is 12.7. The van der Waals surface area contributed by atoms with E-state index in [-0.39, 0.29) is 17.8 Å². The highest BCUT2D eigenvalue weighted by atomic mass is 16.4. The van der Waals surface area contributed by atoms with E-state index in [1.54, 1.807) is 6.07 Å². The zero-order valence-electron chi connectivity index (χ0n) is 14.3. The van der Waals surface area contributed by atoms with Crippen molar-refractivity contribution in [3.8, 4) is 0 Å². The Morgan fingerprint density at radius 1 is 1.24 bits per heavy atom. The molecule has 0 unspecified atom stereocenters. The fourth-order valence-corrected chi connectivity index (χ4v) is 3.72. The number of anilines is 1. The fourth-order valence-electron chi connectivity index (χ4n) is 3.72. The molecule has 134 valence electrons. The third kappa shape index (κ3) is 3.53. The van der Waals surface area contributed by atoms with Crippen LogP contribution < -0.4 is 5.73 Å². The summed E-state index contributed by atoms with van der Waals surface area (Å²) in [5, 5.41) is 6.76. The van der Waals surface area contributed by atoms with E-state index < -0.39 is 0 Å². The lowest BCUT2D eigenvalue weighted by Crippen LogP contribution is -2.38. The van der Waals surface area contributed by atoms with Crippen LogP contribution in [-0.4, -0.2) is 57.1 Å². The maximum Gasteiger partial charge on any atom is 0.289 e. The van der Waals surface area contributed by atoms with Gasteiger partial charge in [0.05, 0.1) is 6.54 Å². The van der Waals surface area contributed by atoms with E-state index in [0.29, 0.717) is 18.8 Å². The predicted molar refractivity (Wildman–Crippen MR) is 91.9 cm³/mol. The zero-order chi connectivity index (χ0) is 17.2. The number of aromatic nitrogens is 3. The van der Waals surface area contributed by atoms with Gasteiger partial charge in [-0.25, -0.2) is 0 Å². The largest absolute Gasteiger partial charge is 0.455 e. The number of carbonyl (C=O) groups excluding carboxylic acids is 1. The first-order valence-electron chi connectivity index (χ1n) is 8.97. The van der Waals surface area contributed by atoms with Crippen LogP contribution in [0.1, 0.15) is 53.7 Å². The van der Waals surface area contributed by atoms with E-state index in [1.807, 2.05) is 11.0 Å². The monoisotopic (exact) mass is 344 g/mol. The van der Waals surface area contributed by atoms with E-state index in [4.69, 9.17) is 10.2 Å². The lowest BCUT2D eigenvalue weighted by Gasteiger charge is -2.30. The number of furan rings is 1. The number of nitrogens with two attached hydrogens (primary N) is 1. The quantitative estimate of drug-likeness (QED) is 0.873. The molecule has 0 radical (unpaired) electrons. The SMILES string of the molecule is Nc1n[nH]c(C2CCN(C(=O)c3ccc(CN4CCCC4)o3)CC2)n1. The molecule has 2 aromatic rings. The van der Waals surface area contributed by atoms with Crippen LogP contribution in [0.2, 0.25) is 0 Å². The minimum atomic E-state index is -0.0248. The van der Waals surface area contributed by atoms with Crippen LogP contribution in [0.15, 0.2) is 16.5 Å². The molecule has 0 atom stereocenters. The molecule has 0 bridgehead atoms. The summed E-state index contributed by atoms with van der Waals surface area (Å²) in [6.45, 7) is 4.40. The number of rotatable bonds is 4. The van der Waals surface area contributed by atoms with Gasteiger partial charge in [-0.2, -0.15) is 4.98 Å². The molecule has 0 saturated carbocycles. The Kier molecular flexibility index (Phi) is 4.44. The molecule has 2 aliphatic rings. The predicted octanol–water partition coefficient (Wildman–Crippen LogP) is 1.60. The average Bonchev–Trinajstić information content (AvgIpc) is 3.37. The summed E-state index contributed by atoms with van der Waals surface area (Å²) >= 11 is 0. The number of hydrogen-bond donors (Lipinski definition) is 2. The van der Waals surface area contributed by atoms with Crippen molar-refractivity contribution in [2.24, 2.45) is 0 Å². The Bertz CT molecular complexity index is 725. The summed E-state index contributed by atoms with van der Waals surface area (Å²) in [6, 6.07) is 3.73. The molecule has 8 heteroatoms. The Morgan fingerprint density at radius 2 is 2.00 bits per heavy atom. The molecule has 2 aromatic heterocycles. The molecule has 1 amide bonds. The second-order valence-corrected chi connectivity index (χ2v) is 6.89. The lowest BCUT2D eigenvalue weighted by molar-refractivity contribution is 0.0675. The molecule has 4 heterocycles. The van der Waals surface area contributed by atoms with Gasteiger partial charge in [-0.3, -0.25) is 14.8 Å². The minimum Gasteiger partial charge on any atom is -0.455 e. The van der Waals surface area contributed by atoms with E-state index in [1.165, 1.54) is 12.8 Å². The standard InChI is InChI=1S/C17H24N6O2/c18-17-19-15(20-21-17)12-5-9-23(10-6-12)16(24)14-4-3-13(25-14)11-22-7-1-2-8-22/h3-4,12H,1-2,5-11H2,(H3,18,19,20,21). The third-order valence-corrected chi connectivity index (χ3v) is 5.14. The van der Waals surface area contributed by atoms with Crippen molar-refractivity contribution < 1.29 is 9.21 Å². The van der Waals surface area contributed by atoms with Gasteiger partial charge in [-0.1, -0.05) is 0 Å². The number of carbonyl (C=O) groups is 1. The highest BCUT2D eigenvalue weighted by molar-refractivity contribution is 5.91. The molecule has 2 fully saturated rings. The normalized spacial score (nSPS) is 19.6. The van der Waals surface area contributed by atoms with E-state index in [2.05, 4.69) is 20.1 Å². The van der Waals surface area contributed by atoms with E-state index >= 15 is 0 Å². The zero-order valence-corrected chi connectivity index (χ0v) is 14.3. The number of hydrogen-bond acceptors (Lipinski definition) is 6. The Hall–Kier alpha value is -2.35. The summed E-state index contributed by atoms with van der Waals surface area (Å²) < 4.78 is 5.80. The summed E-state index contributed by atoms with van der Waals surface area (Å²) in [7, 11) is 0. The van der Waals surface area contributed by atoms with Crippen LogP contribution in [0, 0.1) is 0 Å². The number of nitrogens with zero attached hydrogens (tertiary/aromatic N) is 4. The molecule has 0 aromatic carbocycles. The number of nitrogens with one attached hydrogen (secondary N) is 1. The molecule has 0 aliphatic carbocycles. The maximum absolute atomic E-state index is 12.7. The first-order chi connectivity index (χ1) is 12.2. The molecule has 25 heavy (non-hydrogen) atoms.